The molecule has 1 N–H and O–H groups in total. The topological polar surface area (TPSA) is 55.8 Å². The zero-order chi connectivity index (χ0) is 29.0. The Labute approximate surface area is 244 Å². The minimum absolute atomic E-state index is 0.0846. The molecule has 4 aliphatic rings. The van der Waals surface area contributed by atoms with Crippen LogP contribution < -0.4 is 4.74 Å². The molecule has 0 spiro atoms. The van der Waals surface area contributed by atoms with Gasteiger partial charge in [-0.3, -0.25) is 4.79 Å². The highest BCUT2D eigenvalue weighted by Gasteiger charge is 2.61. The number of hydrogen-bond donors (Lipinski definition) is 1. The number of hydrogen-bond acceptors (Lipinski definition) is 4. The SMILES string of the molecule is COc1ccc([C@H]2OC[C@@]3(C)C(CC[C@@]3(O)C#Cc3ccc(C(C)(C)C)cc3)C3CCC4=CC(=O)CCC4=C32)cc1. The molecule has 1 saturated carbocycles. The molecule has 6 rings (SSSR count). The summed E-state index contributed by atoms with van der Waals surface area (Å²) in [6, 6.07) is 16.6. The molecule has 0 amide bonds. The molecule has 5 atom stereocenters. The first-order chi connectivity index (χ1) is 19.5. The first-order valence-electron chi connectivity index (χ1n) is 15.1. The third-order valence-corrected chi connectivity index (χ3v) is 10.3. The van der Waals surface area contributed by atoms with Crippen molar-refractivity contribution in [2.75, 3.05) is 13.7 Å². The lowest BCUT2D eigenvalue weighted by Gasteiger charge is -2.42. The lowest BCUT2D eigenvalue weighted by Crippen LogP contribution is -2.48. The number of fused-ring (bicyclic) bond motifs is 4. The van der Waals surface area contributed by atoms with Gasteiger partial charge < -0.3 is 14.6 Å². The quantitative estimate of drug-likeness (QED) is 0.400. The zero-order valence-electron chi connectivity index (χ0n) is 25.0. The number of methoxy groups -OCH3 is 1. The minimum atomic E-state index is -1.15. The van der Waals surface area contributed by atoms with Crippen molar-refractivity contribution in [1.82, 2.24) is 0 Å². The van der Waals surface area contributed by atoms with Crippen molar-refractivity contribution in [3.05, 3.63) is 88.0 Å². The minimum Gasteiger partial charge on any atom is -0.497 e. The van der Waals surface area contributed by atoms with Gasteiger partial charge in [-0.15, -0.1) is 0 Å². The molecule has 4 heteroatoms. The molecular weight excluding hydrogens is 508 g/mol. The molecule has 2 unspecified atom stereocenters. The van der Waals surface area contributed by atoms with Gasteiger partial charge in [-0.05, 0) is 108 Å². The van der Waals surface area contributed by atoms with Gasteiger partial charge in [0.1, 0.15) is 17.5 Å². The van der Waals surface area contributed by atoms with Crippen molar-refractivity contribution < 1.29 is 19.4 Å². The first-order valence-corrected chi connectivity index (χ1v) is 15.1. The van der Waals surface area contributed by atoms with Crippen molar-refractivity contribution in [1.29, 1.82) is 0 Å². The average Bonchev–Trinajstić information content (AvgIpc) is 3.13. The Morgan fingerprint density at radius 3 is 2.41 bits per heavy atom. The van der Waals surface area contributed by atoms with Crippen molar-refractivity contribution in [2.24, 2.45) is 17.3 Å². The Kier molecular flexibility index (Phi) is 7.04. The van der Waals surface area contributed by atoms with Crippen LogP contribution in [0.1, 0.15) is 89.0 Å². The number of carbonyl (C=O) groups is 1. The highest BCUT2D eigenvalue weighted by molar-refractivity contribution is 5.93. The number of benzene rings is 2. The monoisotopic (exact) mass is 550 g/mol. The predicted molar refractivity (Wildman–Crippen MR) is 162 cm³/mol. The fourth-order valence-electron chi connectivity index (χ4n) is 7.76. The highest BCUT2D eigenvalue weighted by Crippen LogP contribution is 2.61. The molecule has 214 valence electrons. The second-order valence-corrected chi connectivity index (χ2v) is 13.7. The van der Waals surface area contributed by atoms with Gasteiger partial charge in [-0.2, -0.15) is 0 Å². The molecule has 1 saturated heterocycles. The summed E-state index contributed by atoms with van der Waals surface area (Å²) in [4.78, 5) is 12.4. The molecule has 2 aromatic carbocycles. The van der Waals surface area contributed by atoms with E-state index in [1.165, 1.54) is 22.3 Å². The Morgan fingerprint density at radius 1 is 1.00 bits per heavy atom. The number of carbonyl (C=O) groups excluding carboxylic acids is 1. The Morgan fingerprint density at radius 2 is 1.73 bits per heavy atom. The molecule has 2 aromatic rings. The van der Waals surface area contributed by atoms with Crippen LogP contribution in [0.5, 0.6) is 5.75 Å². The summed E-state index contributed by atoms with van der Waals surface area (Å²) in [7, 11) is 1.68. The molecular formula is C37H42O4. The Balaban J connectivity index is 1.40. The first kappa shape index (κ1) is 28.0. The Bertz CT molecular complexity index is 1460. The maximum atomic E-state index is 12.4. The molecule has 2 fully saturated rings. The van der Waals surface area contributed by atoms with E-state index < -0.39 is 11.0 Å². The smallest absolute Gasteiger partial charge is 0.156 e. The van der Waals surface area contributed by atoms with E-state index in [1.807, 2.05) is 18.2 Å². The molecule has 0 aromatic heterocycles. The van der Waals surface area contributed by atoms with Gasteiger partial charge in [0, 0.05) is 17.4 Å². The van der Waals surface area contributed by atoms with E-state index in [0.29, 0.717) is 19.4 Å². The van der Waals surface area contributed by atoms with Crippen LogP contribution in [0.3, 0.4) is 0 Å². The van der Waals surface area contributed by atoms with E-state index >= 15 is 0 Å². The van der Waals surface area contributed by atoms with Crippen LogP contribution in [0.2, 0.25) is 0 Å². The lowest BCUT2D eigenvalue weighted by molar-refractivity contribution is -0.114. The van der Waals surface area contributed by atoms with Gasteiger partial charge in [-0.1, -0.05) is 63.8 Å². The zero-order valence-corrected chi connectivity index (χ0v) is 25.0. The van der Waals surface area contributed by atoms with Gasteiger partial charge in [-0.25, -0.2) is 0 Å². The van der Waals surface area contributed by atoms with Gasteiger partial charge in [0.2, 0.25) is 0 Å². The van der Waals surface area contributed by atoms with Crippen LogP contribution >= 0.6 is 0 Å². The number of ether oxygens (including phenoxy) is 2. The summed E-state index contributed by atoms with van der Waals surface area (Å²) in [6.07, 6.45) is 6.38. The predicted octanol–water partition coefficient (Wildman–Crippen LogP) is 7.26. The maximum Gasteiger partial charge on any atom is 0.156 e. The number of allylic oxidation sites excluding steroid dienone is 3. The van der Waals surface area contributed by atoms with E-state index in [9.17, 15) is 9.90 Å². The number of rotatable bonds is 2. The molecule has 41 heavy (non-hydrogen) atoms. The average molecular weight is 551 g/mol. The number of ketones is 1. The van der Waals surface area contributed by atoms with Gasteiger partial charge in [0.25, 0.3) is 0 Å². The van der Waals surface area contributed by atoms with E-state index in [2.05, 4.69) is 75.9 Å². The molecule has 1 aliphatic heterocycles. The fraction of sp³-hybridized carbons (Fsp3) is 0.486. The second-order valence-electron chi connectivity index (χ2n) is 13.7. The highest BCUT2D eigenvalue weighted by atomic mass is 16.5. The summed E-state index contributed by atoms with van der Waals surface area (Å²) >= 11 is 0. The largest absolute Gasteiger partial charge is 0.497 e. The molecule has 1 heterocycles. The Hall–Kier alpha value is -3.13. The standard InChI is InChI=1S/C37H42O4/c1-35(2,3)27-11-6-24(7-12-27)18-20-37(39)21-19-32-31-16-10-26-22-28(38)13-17-30(26)33(31)34(41-23-36(32,37)4)25-8-14-29(40-5)15-9-25/h6-9,11-12,14-15,22,31-32,34,39H,10,13,16-17,19,21,23H2,1-5H3/t31?,32?,34-,36+,37+/m1/s1. The lowest BCUT2D eigenvalue weighted by atomic mass is 9.61. The number of aliphatic hydroxyl groups is 1. The van der Waals surface area contributed by atoms with Crippen molar-refractivity contribution >= 4 is 5.78 Å². The molecule has 4 nitrogen and oxygen atoms in total. The third kappa shape index (κ3) is 4.88. The third-order valence-electron chi connectivity index (χ3n) is 10.3. The fourth-order valence-corrected chi connectivity index (χ4v) is 7.76. The van der Waals surface area contributed by atoms with Gasteiger partial charge in [0.15, 0.2) is 5.78 Å². The summed E-state index contributed by atoms with van der Waals surface area (Å²) in [5, 5.41) is 12.3. The molecule has 3 aliphatic carbocycles. The van der Waals surface area contributed by atoms with Gasteiger partial charge in [0.05, 0.1) is 13.7 Å². The summed E-state index contributed by atoms with van der Waals surface area (Å²) in [5.74, 6) is 8.26. The van der Waals surface area contributed by atoms with E-state index in [4.69, 9.17) is 9.47 Å². The van der Waals surface area contributed by atoms with E-state index in [0.717, 1.165) is 42.6 Å². The van der Waals surface area contributed by atoms with Crippen molar-refractivity contribution in [2.45, 2.75) is 83.3 Å². The van der Waals surface area contributed by atoms with E-state index in [-0.39, 0.29) is 29.1 Å². The van der Waals surface area contributed by atoms with Crippen LogP contribution in [0.15, 0.2) is 71.3 Å². The van der Waals surface area contributed by atoms with Crippen LogP contribution in [-0.4, -0.2) is 30.2 Å². The van der Waals surface area contributed by atoms with Crippen LogP contribution in [0.25, 0.3) is 0 Å². The molecule has 0 radical (unpaired) electrons. The summed E-state index contributed by atoms with van der Waals surface area (Å²) in [5.41, 5.74) is 5.52. The van der Waals surface area contributed by atoms with Gasteiger partial charge >= 0.3 is 0 Å². The normalized spacial score (nSPS) is 31.2. The van der Waals surface area contributed by atoms with Crippen LogP contribution in [0.4, 0.5) is 0 Å². The molecule has 0 bridgehead atoms. The van der Waals surface area contributed by atoms with Crippen LogP contribution in [0, 0.1) is 29.1 Å². The van der Waals surface area contributed by atoms with E-state index in [1.54, 1.807) is 7.11 Å². The maximum absolute atomic E-state index is 12.4. The second kappa shape index (κ2) is 10.3. The summed E-state index contributed by atoms with van der Waals surface area (Å²) in [6.45, 7) is 9.24. The van der Waals surface area contributed by atoms with Crippen molar-refractivity contribution in [3.8, 4) is 17.6 Å². The van der Waals surface area contributed by atoms with Crippen molar-refractivity contribution in [3.63, 3.8) is 0 Å². The summed E-state index contributed by atoms with van der Waals surface area (Å²) < 4.78 is 12.3. The van der Waals surface area contributed by atoms with Crippen LogP contribution in [-0.2, 0) is 14.9 Å².